The van der Waals surface area contributed by atoms with E-state index in [1.54, 1.807) is 24.3 Å². The normalized spacial score (nSPS) is 14.6. The zero-order valence-electron chi connectivity index (χ0n) is 12.6. The fraction of sp³-hybridized carbons (Fsp3) is 0.375. The zero-order chi connectivity index (χ0) is 17.3. The van der Waals surface area contributed by atoms with Crippen molar-refractivity contribution in [3.63, 3.8) is 0 Å². The minimum absolute atomic E-state index is 0.202. The lowest BCUT2D eigenvalue weighted by molar-refractivity contribution is -0.149. The van der Waals surface area contributed by atoms with Crippen molar-refractivity contribution in [2.24, 2.45) is 0 Å². The average Bonchev–Trinajstić information content (AvgIpc) is 2.95. The molecule has 0 atom stereocenters. The first-order valence-electron chi connectivity index (χ1n) is 7.41. The van der Waals surface area contributed by atoms with Crippen LogP contribution in [-0.2, 0) is 17.8 Å². The number of rotatable bonds is 3. The second kappa shape index (κ2) is 6.47. The first-order chi connectivity index (χ1) is 11.3. The van der Waals surface area contributed by atoms with Gasteiger partial charge in [-0.15, -0.1) is 0 Å². The number of benzene rings is 1. The smallest absolute Gasteiger partial charge is 0.360 e. The number of nitrogens with zero attached hydrogens (tertiary/aromatic N) is 2. The van der Waals surface area contributed by atoms with Gasteiger partial charge in [0.2, 0.25) is 5.91 Å². The first kappa shape index (κ1) is 16.8. The van der Waals surface area contributed by atoms with Crippen LogP contribution >= 0.6 is 11.6 Å². The fourth-order valence-corrected chi connectivity index (χ4v) is 2.79. The van der Waals surface area contributed by atoms with Crippen LogP contribution in [0.1, 0.15) is 24.2 Å². The van der Waals surface area contributed by atoms with E-state index in [1.165, 1.54) is 4.90 Å². The summed E-state index contributed by atoms with van der Waals surface area (Å²) in [4.78, 5) is 13.4. The molecule has 2 aromatic rings. The van der Waals surface area contributed by atoms with Gasteiger partial charge in [-0.2, -0.15) is 13.2 Å². The summed E-state index contributed by atoms with van der Waals surface area (Å²) >= 11 is 5.86. The molecule has 0 fully saturated rings. The SMILES string of the molecule is O=C(CCC(F)(F)F)N1CCc2onc(-c3ccc(Cl)cc3)c2C1. The van der Waals surface area contributed by atoms with E-state index in [0.717, 1.165) is 11.1 Å². The topological polar surface area (TPSA) is 46.3 Å². The molecule has 0 unspecified atom stereocenters. The number of aromatic nitrogens is 1. The van der Waals surface area contributed by atoms with Crippen molar-refractivity contribution in [1.29, 1.82) is 0 Å². The van der Waals surface area contributed by atoms with Crippen molar-refractivity contribution in [1.82, 2.24) is 10.1 Å². The Morgan fingerprint density at radius 1 is 1.29 bits per heavy atom. The van der Waals surface area contributed by atoms with Crippen LogP contribution in [0.2, 0.25) is 5.02 Å². The maximum absolute atomic E-state index is 12.3. The van der Waals surface area contributed by atoms with E-state index < -0.39 is 24.9 Å². The molecule has 0 saturated carbocycles. The summed E-state index contributed by atoms with van der Waals surface area (Å²) in [6, 6.07) is 7.00. The third kappa shape index (κ3) is 3.72. The van der Waals surface area contributed by atoms with Crippen molar-refractivity contribution in [2.45, 2.75) is 32.0 Å². The predicted octanol–water partition coefficient (Wildman–Crippen LogP) is 4.22. The Balaban J connectivity index is 1.76. The Bertz CT molecular complexity index is 741. The minimum Gasteiger partial charge on any atom is -0.360 e. The molecule has 24 heavy (non-hydrogen) atoms. The summed E-state index contributed by atoms with van der Waals surface area (Å²) in [5.41, 5.74) is 2.12. The quantitative estimate of drug-likeness (QED) is 0.825. The number of hydrogen-bond donors (Lipinski definition) is 0. The maximum Gasteiger partial charge on any atom is 0.389 e. The van der Waals surface area contributed by atoms with Crippen LogP contribution in [0.5, 0.6) is 0 Å². The molecule has 1 aromatic heterocycles. The third-order valence-corrected chi connectivity index (χ3v) is 4.17. The van der Waals surface area contributed by atoms with Crippen molar-refractivity contribution >= 4 is 17.5 Å². The highest BCUT2D eigenvalue weighted by atomic mass is 35.5. The van der Waals surface area contributed by atoms with Crippen molar-refractivity contribution in [3.8, 4) is 11.3 Å². The second-order valence-corrected chi connectivity index (χ2v) is 6.06. The van der Waals surface area contributed by atoms with Crippen molar-refractivity contribution < 1.29 is 22.5 Å². The fourth-order valence-electron chi connectivity index (χ4n) is 2.66. The average molecular weight is 359 g/mol. The molecule has 0 aliphatic carbocycles. The number of fused-ring (bicyclic) bond motifs is 1. The number of halogens is 4. The number of alkyl halides is 3. The van der Waals surface area contributed by atoms with Gasteiger partial charge in [0.1, 0.15) is 11.5 Å². The summed E-state index contributed by atoms with van der Waals surface area (Å²) in [6.07, 6.45) is -5.54. The zero-order valence-corrected chi connectivity index (χ0v) is 13.3. The minimum atomic E-state index is -4.33. The molecule has 0 radical (unpaired) electrons. The third-order valence-electron chi connectivity index (χ3n) is 3.92. The predicted molar refractivity (Wildman–Crippen MR) is 81.4 cm³/mol. The van der Waals surface area contributed by atoms with Crippen LogP contribution in [0, 0.1) is 0 Å². The molecular formula is C16H14ClF3N2O2. The molecule has 1 aliphatic rings. The standard InChI is InChI=1S/C16H14ClF3N2O2/c17-11-3-1-10(2-4-11)15-12-9-22(8-6-13(12)24-21-15)14(23)5-7-16(18,19)20/h1-4H,5-9H2. The Labute approximate surface area is 141 Å². The van der Waals surface area contributed by atoms with Crippen LogP contribution in [0.4, 0.5) is 13.2 Å². The molecule has 1 aliphatic heterocycles. The van der Waals surface area contributed by atoms with Gasteiger partial charge in [0.25, 0.3) is 0 Å². The van der Waals surface area contributed by atoms with Gasteiger partial charge in [-0.3, -0.25) is 4.79 Å². The van der Waals surface area contributed by atoms with Crippen LogP contribution in [-0.4, -0.2) is 28.7 Å². The molecule has 1 aromatic carbocycles. The Morgan fingerprint density at radius 3 is 2.67 bits per heavy atom. The lowest BCUT2D eigenvalue weighted by atomic mass is 10.0. The molecule has 0 spiro atoms. The largest absolute Gasteiger partial charge is 0.389 e. The molecule has 2 heterocycles. The molecule has 8 heteroatoms. The van der Waals surface area contributed by atoms with Gasteiger partial charge < -0.3 is 9.42 Å². The lowest BCUT2D eigenvalue weighted by Crippen LogP contribution is -2.36. The monoisotopic (exact) mass is 358 g/mol. The van der Waals surface area contributed by atoms with E-state index >= 15 is 0 Å². The van der Waals surface area contributed by atoms with Crippen LogP contribution in [0.25, 0.3) is 11.3 Å². The molecule has 0 N–H and O–H groups in total. The summed E-state index contributed by atoms with van der Waals surface area (Å²) < 4.78 is 42.2. The number of hydrogen-bond acceptors (Lipinski definition) is 3. The Hall–Kier alpha value is -2.02. The van der Waals surface area contributed by atoms with Gasteiger partial charge in [0.15, 0.2) is 0 Å². The highest BCUT2D eigenvalue weighted by molar-refractivity contribution is 6.30. The van der Waals surface area contributed by atoms with E-state index in [9.17, 15) is 18.0 Å². The van der Waals surface area contributed by atoms with Crippen molar-refractivity contribution in [2.75, 3.05) is 6.54 Å². The highest BCUT2D eigenvalue weighted by Gasteiger charge is 2.31. The summed E-state index contributed by atoms with van der Waals surface area (Å²) in [7, 11) is 0. The van der Waals surface area contributed by atoms with Crippen LogP contribution in [0.3, 0.4) is 0 Å². The highest BCUT2D eigenvalue weighted by Crippen LogP contribution is 2.31. The van der Waals surface area contributed by atoms with E-state index in [4.69, 9.17) is 16.1 Å². The van der Waals surface area contributed by atoms with Crippen molar-refractivity contribution in [3.05, 3.63) is 40.6 Å². The second-order valence-electron chi connectivity index (χ2n) is 5.62. The maximum atomic E-state index is 12.3. The molecule has 0 saturated heterocycles. The lowest BCUT2D eigenvalue weighted by Gasteiger charge is -2.26. The molecule has 1 amide bonds. The van der Waals surface area contributed by atoms with Gasteiger partial charge >= 0.3 is 6.18 Å². The van der Waals surface area contributed by atoms with E-state index in [-0.39, 0.29) is 6.54 Å². The molecule has 0 bridgehead atoms. The van der Waals surface area contributed by atoms with Gasteiger partial charge in [0.05, 0.1) is 13.0 Å². The van der Waals surface area contributed by atoms with E-state index in [1.807, 2.05) is 0 Å². The Kier molecular flexibility index (Phi) is 4.54. The van der Waals surface area contributed by atoms with E-state index in [0.29, 0.717) is 29.4 Å². The molecule has 4 nitrogen and oxygen atoms in total. The number of carbonyl (C=O) groups is 1. The van der Waals surface area contributed by atoms with Crippen LogP contribution in [0.15, 0.2) is 28.8 Å². The molecular weight excluding hydrogens is 345 g/mol. The van der Waals surface area contributed by atoms with Gasteiger partial charge in [-0.1, -0.05) is 28.9 Å². The Morgan fingerprint density at radius 2 is 2.00 bits per heavy atom. The molecule has 3 rings (SSSR count). The van der Waals surface area contributed by atoms with E-state index in [2.05, 4.69) is 5.16 Å². The van der Waals surface area contributed by atoms with Crippen LogP contribution < -0.4 is 0 Å². The summed E-state index contributed by atoms with van der Waals surface area (Å²) in [5, 5.41) is 4.62. The van der Waals surface area contributed by atoms with Gasteiger partial charge in [-0.25, -0.2) is 0 Å². The van der Waals surface area contributed by atoms with Gasteiger partial charge in [-0.05, 0) is 12.1 Å². The summed E-state index contributed by atoms with van der Waals surface area (Å²) in [6.45, 7) is 0.534. The number of amides is 1. The number of carbonyl (C=O) groups excluding carboxylic acids is 1. The first-order valence-corrected chi connectivity index (χ1v) is 7.79. The molecule has 128 valence electrons. The van der Waals surface area contributed by atoms with Gasteiger partial charge in [0, 0.05) is 35.5 Å². The summed E-state index contributed by atoms with van der Waals surface area (Å²) in [5.74, 6) is 0.154.